The molecule has 1 atom stereocenters. The minimum Gasteiger partial charge on any atom is -0.304 e. The van der Waals surface area contributed by atoms with Crippen molar-refractivity contribution in [2.75, 3.05) is 13.1 Å². The first kappa shape index (κ1) is 9.00. The van der Waals surface area contributed by atoms with Crippen molar-refractivity contribution in [2.45, 2.75) is 38.1 Å². The third-order valence-corrected chi connectivity index (χ3v) is 3.13. The second kappa shape index (κ2) is 4.09. The zero-order valence-corrected chi connectivity index (χ0v) is 7.96. The molecule has 3 heteroatoms. The summed E-state index contributed by atoms with van der Waals surface area (Å²) >= 11 is 0. The Morgan fingerprint density at radius 1 is 1.23 bits per heavy atom. The maximum atomic E-state index is 11.5. The van der Waals surface area contributed by atoms with Crippen molar-refractivity contribution in [3.8, 4) is 0 Å². The smallest absolute Gasteiger partial charge is 0.258 e. The number of nitrogens with zero attached hydrogens (tertiary/aromatic N) is 1. The predicted molar refractivity (Wildman–Crippen MR) is 50.4 cm³/mol. The van der Waals surface area contributed by atoms with Crippen LogP contribution in [0.5, 0.6) is 0 Å². The van der Waals surface area contributed by atoms with Crippen LogP contribution in [0.4, 0.5) is 0 Å². The standard InChI is InChI=1S/C10H17N2O/c13-10-9(11-6-7-12-10)8-4-2-1-3-5-8/h8-9,11H,1-7H2. The molecule has 1 heterocycles. The van der Waals surface area contributed by atoms with Gasteiger partial charge in [-0.05, 0) is 18.8 Å². The summed E-state index contributed by atoms with van der Waals surface area (Å²) in [6.07, 6.45) is 6.33. The highest BCUT2D eigenvalue weighted by Crippen LogP contribution is 2.27. The quantitative estimate of drug-likeness (QED) is 0.646. The van der Waals surface area contributed by atoms with Crippen molar-refractivity contribution in [3.05, 3.63) is 0 Å². The molecule has 1 amide bonds. The summed E-state index contributed by atoms with van der Waals surface area (Å²) in [5.41, 5.74) is 0. The lowest BCUT2D eigenvalue weighted by atomic mass is 9.83. The maximum Gasteiger partial charge on any atom is 0.258 e. The third kappa shape index (κ3) is 2.02. The molecule has 1 radical (unpaired) electrons. The van der Waals surface area contributed by atoms with Crippen LogP contribution in [0.2, 0.25) is 0 Å². The summed E-state index contributed by atoms with van der Waals surface area (Å²) in [6, 6.07) is 0.0500. The van der Waals surface area contributed by atoms with Crippen molar-refractivity contribution < 1.29 is 4.79 Å². The van der Waals surface area contributed by atoms with Crippen LogP contribution in [-0.4, -0.2) is 25.0 Å². The fourth-order valence-electron chi connectivity index (χ4n) is 2.41. The van der Waals surface area contributed by atoms with E-state index in [2.05, 4.69) is 10.6 Å². The van der Waals surface area contributed by atoms with E-state index in [-0.39, 0.29) is 11.9 Å². The number of carbonyl (C=O) groups is 1. The normalized spacial score (nSPS) is 31.4. The lowest BCUT2D eigenvalue weighted by Crippen LogP contribution is -2.53. The highest BCUT2D eigenvalue weighted by atomic mass is 16.2. The van der Waals surface area contributed by atoms with Crippen molar-refractivity contribution in [3.63, 3.8) is 0 Å². The Kier molecular flexibility index (Phi) is 2.83. The summed E-state index contributed by atoms with van der Waals surface area (Å²) in [7, 11) is 0. The van der Waals surface area contributed by atoms with E-state index in [1.807, 2.05) is 0 Å². The summed E-state index contributed by atoms with van der Waals surface area (Å²) in [4.78, 5) is 11.5. The highest BCUT2D eigenvalue weighted by molar-refractivity contribution is 5.82. The molecule has 1 aliphatic carbocycles. The second-order valence-corrected chi connectivity index (χ2v) is 4.05. The molecule has 0 aromatic heterocycles. The third-order valence-electron chi connectivity index (χ3n) is 3.13. The maximum absolute atomic E-state index is 11.5. The topological polar surface area (TPSA) is 43.2 Å². The van der Waals surface area contributed by atoms with Gasteiger partial charge in [0.15, 0.2) is 0 Å². The van der Waals surface area contributed by atoms with E-state index in [0.29, 0.717) is 12.5 Å². The van der Waals surface area contributed by atoms with Crippen LogP contribution in [0.25, 0.3) is 0 Å². The van der Waals surface area contributed by atoms with Crippen LogP contribution in [0, 0.1) is 5.92 Å². The molecule has 1 unspecified atom stereocenters. The van der Waals surface area contributed by atoms with Gasteiger partial charge in [-0.2, -0.15) is 0 Å². The average Bonchev–Trinajstić information content (AvgIpc) is 2.20. The van der Waals surface area contributed by atoms with Crippen LogP contribution >= 0.6 is 0 Å². The van der Waals surface area contributed by atoms with Gasteiger partial charge in [0.05, 0.1) is 12.6 Å². The van der Waals surface area contributed by atoms with E-state index in [1.165, 1.54) is 32.1 Å². The minimum atomic E-state index is 0.0500. The monoisotopic (exact) mass is 181 g/mol. The number of hydrogen-bond donors (Lipinski definition) is 1. The molecule has 0 aromatic carbocycles. The summed E-state index contributed by atoms with van der Waals surface area (Å²) in [5, 5.41) is 7.28. The van der Waals surface area contributed by atoms with E-state index in [4.69, 9.17) is 0 Å². The number of piperazine rings is 1. The molecule has 1 saturated carbocycles. The van der Waals surface area contributed by atoms with Crippen molar-refractivity contribution in [1.82, 2.24) is 10.6 Å². The van der Waals surface area contributed by atoms with E-state index < -0.39 is 0 Å². The Bertz CT molecular complexity index is 187. The number of rotatable bonds is 1. The van der Waals surface area contributed by atoms with Gasteiger partial charge in [-0.15, -0.1) is 0 Å². The van der Waals surface area contributed by atoms with E-state index in [0.717, 1.165) is 6.54 Å². The van der Waals surface area contributed by atoms with Gasteiger partial charge in [0.1, 0.15) is 0 Å². The Hall–Kier alpha value is -0.570. The molecule has 3 nitrogen and oxygen atoms in total. The lowest BCUT2D eigenvalue weighted by molar-refractivity contribution is -0.126. The highest BCUT2D eigenvalue weighted by Gasteiger charge is 2.31. The number of hydrogen-bond acceptors (Lipinski definition) is 2. The first-order valence-electron chi connectivity index (χ1n) is 5.32. The van der Waals surface area contributed by atoms with Crippen LogP contribution < -0.4 is 10.6 Å². The first-order chi connectivity index (χ1) is 6.38. The fraction of sp³-hybridized carbons (Fsp3) is 0.900. The largest absolute Gasteiger partial charge is 0.304 e. The van der Waals surface area contributed by atoms with Gasteiger partial charge in [0.2, 0.25) is 0 Å². The van der Waals surface area contributed by atoms with Gasteiger partial charge in [0, 0.05) is 6.54 Å². The van der Waals surface area contributed by atoms with Gasteiger partial charge >= 0.3 is 0 Å². The molecule has 1 N–H and O–H groups in total. The van der Waals surface area contributed by atoms with Gasteiger partial charge < -0.3 is 5.32 Å². The second-order valence-electron chi connectivity index (χ2n) is 4.05. The Morgan fingerprint density at radius 2 is 2.00 bits per heavy atom. The van der Waals surface area contributed by atoms with Gasteiger partial charge in [-0.25, -0.2) is 5.32 Å². The molecule has 73 valence electrons. The zero-order valence-electron chi connectivity index (χ0n) is 7.96. The SMILES string of the molecule is O=C1[N]CCNC1C1CCCCC1. The summed E-state index contributed by atoms with van der Waals surface area (Å²) in [6.45, 7) is 1.55. The van der Waals surface area contributed by atoms with Crippen LogP contribution in [0.3, 0.4) is 0 Å². The number of carbonyl (C=O) groups excluding carboxylic acids is 1. The van der Waals surface area contributed by atoms with E-state index in [9.17, 15) is 4.79 Å². The molecule has 0 spiro atoms. The average molecular weight is 181 g/mol. The molecular formula is C10H17N2O. The first-order valence-corrected chi connectivity index (χ1v) is 5.32. The lowest BCUT2D eigenvalue weighted by Gasteiger charge is -2.31. The van der Waals surface area contributed by atoms with E-state index >= 15 is 0 Å². The number of amides is 1. The molecule has 2 rings (SSSR count). The van der Waals surface area contributed by atoms with E-state index in [1.54, 1.807) is 0 Å². The van der Waals surface area contributed by atoms with Gasteiger partial charge in [0.25, 0.3) is 5.91 Å². The van der Waals surface area contributed by atoms with Crippen molar-refractivity contribution in [1.29, 1.82) is 0 Å². The molecule has 1 aliphatic heterocycles. The van der Waals surface area contributed by atoms with Crippen LogP contribution in [0.1, 0.15) is 32.1 Å². The molecular weight excluding hydrogens is 164 g/mol. The molecule has 0 aromatic rings. The minimum absolute atomic E-state index is 0.0500. The molecule has 2 fully saturated rings. The van der Waals surface area contributed by atoms with Crippen molar-refractivity contribution in [2.24, 2.45) is 5.92 Å². The Labute approximate surface area is 79.3 Å². The Balaban J connectivity index is 1.92. The van der Waals surface area contributed by atoms with Gasteiger partial charge in [-0.1, -0.05) is 19.3 Å². The molecule has 1 saturated heterocycles. The zero-order chi connectivity index (χ0) is 9.10. The molecule has 0 bridgehead atoms. The predicted octanol–water partition coefficient (Wildman–Crippen LogP) is 0.669. The summed E-state index contributed by atoms with van der Waals surface area (Å²) < 4.78 is 0. The molecule has 2 aliphatic rings. The van der Waals surface area contributed by atoms with Crippen LogP contribution in [0.15, 0.2) is 0 Å². The van der Waals surface area contributed by atoms with Gasteiger partial charge in [-0.3, -0.25) is 4.79 Å². The Morgan fingerprint density at radius 3 is 2.69 bits per heavy atom. The van der Waals surface area contributed by atoms with Crippen molar-refractivity contribution >= 4 is 5.91 Å². The molecule has 13 heavy (non-hydrogen) atoms. The fourth-order valence-corrected chi connectivity index (χ4v) is 2.41. The van der Waals surface area contributed by atoms with Crippen LogP contribution in [-0.2, 0) is 4.79 Å². The number of nitrogens with one attached hydrogen (secondary N) is 1. The summed E-state index contributed by atoms with van der Waals surface area (Å²) in [5.74, 6) is 0.656.